The fourth-order valence-corrected chi connectivity index (χ4v) is 2.14. The minimum atomic E-state index is -0.857. The SMILES string of the molecule is C=C(c1ccccc1)C(O)CC(=O)c1ccccc1C. The molecule has 0 heterocycles. The molecule has 102 valence electrons. The molecule has 0 aliphatic rings. The fraction of sp³-hybridized carbons (Fsp3) is 0.167. The highest BCUT2D eigenvalue weighted by Gasteiger charge is 2.17. The van der Waals surface area contributed by atoms with Crippen LogP contribution in [0.25, 0.3) is 5.57 Å². The van der Waals surface area contributed by atoms with Gasteiger partial charge in [0.2, 0.25) is 0 Å². The number of rotatable bonds is 5. The van der Waals surface area contributed by atoms with Crippen LogP contribution in [0.3, 0.4) is 0 Å². The van der Waals surface area contributed by atoms with Crippen LogP contribution in [0.1, 0.15) is 27.9 Å². The third-order valence-corrected chi connectivity index (χ3v) is 3.37. The van der Waals surface area contributed by atoms with Crippen LogP contribution in [-0.2, 0) is 0 Å². The first-order valence-corrected chi connectivity index (χ1v) is 6.60. The van der Waals surface area contributed by atoms with Gasteiger partial charge in [-0.25, -0.2) is 0 Å². The maximum Gasteiger partial charge on any atom is 0.166 e. The van der Waals surface area contributed by atoms with Crippen LogP contribution in [0.2, 0.25) is 0 Å². The Morgan fingerprint density at radius 1 is 1.10 bits per heavy atom. The van der Waals surface area contributed by atoms with Gasteiger partial charge in [-0.05, 0) is 23.6 Å². The standard InChI is InChI=1S/C18H18O2/c1-13-8-6-7-11-16(13)18(20)12-17(19)14(2)15-9-4-3-5-10-15/h3-11,17,19H,2,12H2,1H3. The van der Waals surface area contributed by atoms with Crippen molar-refractivity contribution in [2.45, 2.75) is 19.4 Å². The van der Waals surface area contributed by atoms with Crippen LogP contribution in [-0.4, -0.2) is 17.0 Å². The summed E-state index contributed by atoms with van der Waals surface area (Å²) in [6.45, 7) is 5.79. The predicted molar refractivity (Wildman–Crippen MR) is 81.6 cm³/mol. The summed E-state index contributed by atoms with van der Waals surface area (Å²) in [6.07, 6.45) is -0.803. The molecular formula is C18H18O2. The molecule has 0 saturated carbocycles. The zero-order chi connectivity index (χ0) is 14.5. The molecule has 1 atom stereocenters. The lowest BCUT2D eigenvalue weighted by atomic mass is 9.95. The summed E-state index contributed by atoms with van der Waals surface area (Å²) in [5.74, 6) is -0.0623. The second-order valence-corrected chi connectivity index (χ2v) is 4.85. The van der Waals surface area contributed by atoms with E-state index in [-0.39, 0.29) is 12.2 Å². The molecule has 0 amide bonds. The molecule has 0 bridgehead atoms. The number of carbonyl (C=O) groups is 1. The molecule has 1 unspecified atom stereocenters. The number of aryl methyl sites for hydroxylation is 1. The highest BCUT2D eigenvalue weighted by Crippen LogP contribution is 2.20. The van der Waals surface area contributed by atoms with Gasteiger partial charge in [0.05, 0.1) is 6.10 Å². The van der Waals surface area contributed by atoms with E-state index in [0.717, 1.165) is 11.1 Å². The number of benzene rings is 2. The van der Waals surface area contributed by atoms with Gasteiger partial charge < -0.3 is 5.11 Å². The molecule has 1 N–H and O–H groups in total. The summed E-state index contributed by atoms with van der Waals surface area (Å²) < 4.78 is 0. The molecule has 0 spiro atoms. The number of ketones is 1. The van der Waals surface area contributed by atoms with E-state index in [4.69, 9.17) is 0 Å². The van der Waals surface area contributed by atoms with E-state index in [1.807, 2.05) is 55.5 Å². The van der Waals surface area contributed by atoms with Crippen molar-refractivity contribution in [3.05, 3.63) is 77.9 Å². The summed E-state index contributed by atoms with van der Waals surface area (Å²) >= 11 is 0. The van der Waals surface area contributed by atoms with E-state index in [9.17, 15) is 9.90 Å². The summed E-state index contributed by atoms with van der Waals surface area (Å²) in [4.78, 5) is 12.2. The van der Waals surface area contributed by atoms with Crippen molar-refractivity contribution in [1.82, 2.24) is 0 Å². The molecule has 2 aromatic carbocycles. The Kier molecular flexibility index (Phi) is 4.49. The minimum absolute atomic E-state index is 0.0541. The summed E-state index contributed by atoms with van der Waals surface area (Å²) in [5, 5.41) is 10.2. The number of aliphatic hydroxyl groups excluding tert-OH is 1. The summed E-state index contributed by atoms with van der Waals surface area (Å²) in [5.41, 5.74) is 3.02. The first-order chi connectivity index (χ1) is 9.59. The van der Waals surface area contributed by atoms with Crippen LogP contribution in [0, 0.1) is 6.92 Å². The summed E-state index contributed by atoms with van der Waals surface area (Å²) in [6, 6.07) is 16.8. The quantitative estimate of drug-likeness (QED) is 0.839. The molecule has 0 aromatic heterocycles. The molecular weight excluding hydrogens is 248 g/mol. The van der Waals surface area contributed by atoms with Gasteiger partial charge in [-0.1, -0.05) is 61.2 Å². The Morgan fingerprint density at radius 2 is 1.70 bits per heavy atom. The fourth-order valence-electron chi connectivity index (χ4n) is 2.14. The number of hydrogen-bond donors (Lipinski definition) is 1. The zero-order valence-electron chi connectivity index (χ0n) is 11.5. The normalized spacial score (nSPS) is 11.9. The van der Waals surface area contributed by atoms with E-state index >= 15 is 0 Å². The molecule has 0 saturated heterocycles. The molecule has 0 aliphatic carbocycles. The van der Waals surface area contributed by atoms with Gasteiger partial charge in [0, 0.05) is 12.0 Å². The van der Waals surface area contributed by atoms with Gasteiger partial charge in [0.25, 0.3) is 0 Å². The lowest BCUT2D eigenvalue weighted by Gasteiger charge is -2.14. The van der Waals surface area contributed by atoms with Crippen molar-refractivity contribution in [1.29, 1.82) is 0 Å². The molecule has 2 rings (SSSR count). The molecule has 0 fully saturated rings. The average molecular weight is 266 g/mol. The van der Waals surface area contributed by atoms with Crippen LogP contribution >= 0.6 is 0 Å². The van der Waals surface area contributed by atoms with Crippen LogP contribution in [0.4, 0.5) is 0 Å². The molecule has 0 radical (unpaired) electrons. The van der Waals surface area contributed by atoms with Crippen LogP contribution < -0.4 is 0 Å². The van der Waals surface area contributed by atoms with Crippen molar-refractivity contribution in [2.75, 3.05) is 0 Å². The minimum Gasteiger partial charge on any atom is -0.388 e. The second-order valence-electron chi connectivity index (χ2n) is 4.85. The third kappa shape index (κ3) is 3.22. The number of aliphatic hydroxyl groups is 1. The Morgan fingerprint density at radius 3 is 2.35 bits per heavy atom. The maximum absolute atomic E-state index is 12.2. The predicted octanol–water partition coefficient (Wildman–Crippen LogP) is 3.64. The lowest BCUT2D eigenvalue weighted by molar-refractivity contribution is 0.0928. The topological polar surface area (TPSA) is 37.3 Å². The number of hydrogen-bond acceptors (Lipinski definition) is 2. The molecule has 2 nitrogen and oxygen atoms in total. The monoisotopic (exact) mass is 266 g/mol. The lowest BCUT2D eigenvalue weighted by Crippen LogP contribution is -2.15. The van der Waals surface area contributed by atoms with Crippen LogP contribution in [0.5, 0.6) is 0 Å². The van der Waals surface area contributed by atoms with Crippen molar-refractivity contribution in [3.8, 4) is 0 Å². The van der Waals surface area contributed by atoms with Gasteiger partial charge in [0.15, 0.2) is 5.78 Å². The van der Waals surface area contributed by atoms with E-state index in [2.05, 4.69) is 6.58 Å². The molecule has 2 aromatic rings. The van der Waals surface area contributed by atoms with E-state index < -0.39 is 6.10 Å². The molecule has 20 heavy (non-hydrogen) atoms. The van der Waals surface area contributed by atoms with E-state index in [0.29, 0.717) is 11.1 Å². The largest absolute Gasteiger partial charge is 0.388 e. The molecule has 2 heteroatoms. The average Bonchev–Trinajstić information content (AvgIpc) is 2.47. The van der Waals surface area contributed by atoms with Crippen molar-refractivity contribution in [3.63, 3.8) is 0 Å². The van der Waals surface area contributed by atoms with Crippen molar-refractivity contribution in [2.24, 2.45) is 0 Å². The van der Waals surface area contributed by atoms with Crippen molar-refractivity contribution >= 4 is 11.4 Å². The maximum atomic E-state index is 12.2. The van der Waals surface area contributed by atoms with Crippen LogP contribution in [0.15, 0.2) is 61.2 Å². The van der Waals surface area contributed by atoms with Gasteiger partial charge >= 0.3 is 0 Å². The number of Topliss-reactive ketones (excluding diaryl/α,β-unsaturated/α-hetero) is 1. The zero-order valence-corrected chi connectivity index (χ0v) is 11.5. The van der Waals surface area contributed by atoms with Crippen molar-refractivity contribution < 1.29 is 9.90 Å². The highest BCUT2D eigenvalue weighted by atomic mass is 16.3. The Balaban J connectivity index is 2.09. The van der Waals surface area contributed by atoms with Gasteiger partial charge in [0.1, 0.15) is 0 Å². The van der Waals surface area contributed by atoms with E-state index in [1.54, 1.807) is 6.07 Å². The molecule has 0 aliphatic heterocycles. The van der Waals surface area contributed by atoms with Gasteiger partial charge in [-0.15, -0.1) is 0 Å². The van der Waals surface area contributed by atoms with Gasteiger partial charge in [-0.3, -0.25) is 4.79 Å². The smallest absolute Gasteiger partial charge is 0.166 e. The Bertz CT molecular complexity index is 614. The second kappa shape index (κ2) is 6.31. The third-order valence-electron chi connectivity index (χ3n) is 3.37. The Hall–Kier alpha value is -2.19. The first kappa shape index (κ1) is 14.2. The number of carbonyl (C=O) groups excluding carboxylic acids is 1. The van der Waals surface area contributed by atoms with Gasteiger partial charge in [-0.2, -0.15) is 0 Å². The Labute approximate surface area is 119 Å². The summed E-state index contributed by atoms with van der Waals surface area (Å²) in [7, 11) is 0. The first-order valence-electron chi connectivity index (χ1n) is 6.60. The highest BCUT2D eigenvalue weighted by molar-refractivity contribution is 5.98. The van der Waals surface area contributed by atoms with E-state index in [1.165, 1.54) is 0 Å².